The van der Waals surface area contributed by atoms with Gasteiger partial charge in [-0.15, -0.1) is 0 Å². The van der Waals surface area contributed by atoms with Crippen LogP contribution in [0.1, 0.15) is 5.56 Å². The maximum absolute atomic E-state index is 12.4. The van der Waals surface area contributed by atoms with Crippen LogP contribution in [0, 0.1) is 12.8 Å². The number of halogens is 3. The molecule has 8 heteroatoms. The minimum atomic E-state index is -4.91. The fraction of sp³-hybridized carbons (Fsp3) is 0.444. The second-order valence-corrected chi connectivity index (χ2v) is 3.50. The third-order valence-electron chi connectivity index (χ3n) is 2.06. The molecular weight excluding hydrogens is 241 g/mol. The molecular formula is C9H9F3N2O3. The van der Waals surface area contributed by atoms with Gasteiger partial charge in [-0.1, -0.05) is 0 Å². The van der Waals surface area contributed by atoms with Crippen LogP contribution in [0.3, 0.4) is 0 Å². The number of hydrogen-bond donors (Lipinski definition) is 1. The Morgan fingerprint density at radius 2 is 2.18 bits per heavy atom. The number of aliphatic carboxylic acids is 1. The zero-order valence-electron chi connectivity index (χ0n) is 8.73. The Morgan fingerprint density at radius 1 is 1.59 bits per heavy atom. The summed E-state index contributed by atoms with van der Waals surface area (Å²) in [5, 5.41) is 8.47. The van der Waals surface area contributed by atoms with Gasteiger partial charge in [0.15, 0.2) is 5.92 Å². The summed E-state index contributed by atoms with van der Waals surface area (Å²) < 4.78 is 37.8. The zero-order valence-corrected chi connectivity index (χ0v) is 8.73. The Morgan fingerprint density at radius 3 is 2.65 bits per heavy atom. The predicted molar refractivity (Wildman–Crippen MR) is 50.4 cm³/mol. The molecule has 0 bridgehead atoms. The van der Waals surface area contributed by atoms with Gasteiger partial charge in [-0.2, -0.15) is 13.2 Å². The van der Waals surface area contributed by atoms with Gasteiger partial charge in [-0.05, 0) is 12.5 Å². The summed E-state index contributed by atoms with van der Waals surface area (Å²) in [4.78, 5) is 25.0. The summed E-state index contributed by atoms with van der Waals surface area (Å²) in [5.41, 5.74) is -0.443. The smallest absolute Gasteiger partial charge is 0.403 e. The highest BCUT2D eigenvalue weighted by atomic mass is 19.4. The Bertz CT molecular complexity index is 481. The van der Waals surface area contributed by atoms with Crippen molar-refractivity contribution in [3.05, 3.63) is 28.4 Å². The Labute approximate surface area is 93.5 Å². The van der Waals surface area contributed by atoms with Crippen LogP contribution in [0.5, 0.6) is 0 Å². The Hall–Kier alpha value is -1.86. The van der Waals surface area contributed by atoms with E-state index in [-0.39, 0.29) is 0 Å². The quantitative estimate of drug-likeness (QED) is 0.861. The minimum absolute atomic E-state index is 0.468. The van der Waals surface area contributed by atoms with Crippen LogP contribution in [-0.2, 0) is 11.3 Å². The minimum Gasteiger partial charge on any atom is -0.481 e. The van der Waals surface area contributed by atoms with Crippen molar-refractivity contribution in [2.75, 3.05) is 0 Å². The van der Waals surface area contributed by atoms with Crippen LogP contribution >= 0.6 is 0 Å². The second kappa shape index (κ2) is 4.56. The van der Waals surface area contributed by atoms with Gasteiger partial charge in [0.25, 0.3) is 0 Å². The topological polar surface area (TPSA) is 72.2 Å². The largest absolute Gasteiger partial charge is 0.481 e. The molecule has 0 fully saturated rings. The van der Waals surface area contributed by atoms with E-state index < -0.39 is 30.3 Å². The fourth-order valence-corrected chi connectivity index (χ4v) is 1.21. The standard InChI is InChI=1S/C9H9F3N2O3/c1-5-2-13-8(17)14(3-5)4-6(7(15)16)9(10,11)12/h2-3,6H,4H2,1H3,(H,15,16). The molecule has 0 aliphatic carbocycles. The van der Waals surface area contributed by atoms with Crippen molar-refractivity contribution in [2.45, 2.75) is 19.6 Å². The highest BCUT2D eigenvalue weighted by Crippen LogP contribution is 2.27. The van der Waals surface area contributed by atoms with E-state index in [1.807, 2.05) is 0 Å². The molecule has 1 N–H and O–H groups in total. The number of alkyl halides is 3. The maximum Gasteiger partial charge on any atom is 0.403 e. The molecule has 0 spiro atoms. The number of aryl methyl sites for hydroxylation is 1. The number of carbonyl (C=O) groups is 1. The molecule has 1 rings (SSSR count). The lowest BCUT2D eigenvalue weighted by molar-refractivity contribution is -0.196. The van der Waals surface area contributed by atoms with Gasteiger partial charge in [0, 0.05) is 18.9 Å². The first-order valence-corrected chi connectivity index (χ1v) is 4.54. The summed E-state index contributed by atoms with van der Waals surface area (Å²) in [6, 6.07) is 0. The summed E-state index contributed by atoms with van der Waals surface area (Å²) in [7, 11) is 0. The van der Waals surface area contributed by atoms with E-state index >= 15 is 0 Å². The summed E-state index contributed by atoms with van der Waals surface area (Å²) in [5.74, 6) is -4.64. The molecule has 1 unspecified atom stereocenters. The van der Waals surface area contributed by atoms with Crippen molar-refractivity contribution in [3.8, 4) is 0 Å². The normalized spacial score (nSPS) is 13.4. The highest BCUT2D eigenvalue weighted by Gasteiger charge is 2.45. The molecule has 0 aromatic carbocycles. The molecule has 1 aromatic heterocycles. The molecule has 0 aliphatic rings. The first-order chi connectivity index (χ1) is 7.71. The SMILES string of the molecule is Cc1cnc(=O)n(CC(C(=O)O)C(F)(F)F)c1. The number of rotatable bonds is 3. The van der Waals surface area contributed by atoms with E-state index in [0.29, 0.717) is 10.1 Å². The second-order valence-electron chi connectivity index (χ2n) is 3.50. The molecule has 0 radical (unpaired) electrons. The molecule has 1 heterocycles. The molecule has 17 heavy (non-hydrogen) atoms. The summed E-state index contributed by atoms with van der Waals surface area (Å²) >= 11 is 0. The first-order valence-electron chi connectivity index (χ1n) is 4.54. The van der Waals surface area contributed by atoms with Crippen LogP contribution in [0.4, 0.5) is 13.2 Å². The monoisotopic (exact) mass is 250 g/mol. The van der Waals surface area contributed by atoms with E-state index in [4.69, 9.17) is 5.11 Å². The van der Waals surface area contributed by atoms with Gasteiger partial charge < -0.3 is 5.11 Å². The Kier molecular flexibility index (Phi) is 3.54. The van der Waals surface area contributed by atoms with E-state index in [9.17, 15) is 22.8 Å². The zero-order chi connectivity index (χ0) is 13.2. The number of nitrogens with zero attached hydrogens (tertiary/aromatic N) is 2. The van der Waals surface area contributed by atoms with E-state index in [0.717, 1.165) is 6.20 Å². The number of carboxylic acids is 1. The maximum atomic E-state index is 12.4. The van der Waals surface area contributed by atoms with Crippen LogP contribution in [-0.4, -0.2) is 26.8 Å². The van der Waals surface area contributed by atoms with Crippen molar-refractivity contribution in [2.24, 2.45) is 5.92 Å². The Balaban J connectivity index is 3.06. The molecule has 94 valence electrons. The first kappa shape index (κ1) is 13.2. The number of aromatic nitrogens is 2. The molecule has 1 aromatic rings. The molecule has 0 amide bonds. The fourth-order valence-electron chi connectivity index (χ4n) is 1.21. The molecule has 5 nitrogen and oxygen atoms in total. The lowest BCUT2D eigenvalue weighted by atomic mass is 10.1. The van der Waals surface area contributed by atoms with Gasteiger partial charge in [0.2, 0.25) is 0 Å². The van der Waals surface area contributed by atoms with Crippen molar-refractivity contribution < 1.29 is 23.1 Å². The lowest BCUT2D eigenvalue weighted by Crippen LogP contribution is -2.37. The molecule has 1 atom stereocenters. The van der Waals surface area contributed by atoms with Gasteiger partial charge in [0.1, 0.15) is 0 Å². The van der Waals surface area contributed by atoms with E-state index in [1.54, 1.807) is 0 Å². The predicted octanol–water partition coefficient (Wildman–Crippen LogP) is 0.815. The molecule has 0 saturated carbocycles. The molecule has 0 saturated heterocycles. The van der Waals surface area contributed by atoms with Gasteiger partial charge in [0.05, 0.1) is 0 Å². The number of hydrogen-bond acceptors (Lipinski definition) is 3. The highest BCUT2D eigenvalue weighted by molar-refractivity contribution is 5.70. The third kappa shape index (κ3) is 3.30. The lowest BCUT2D eigenvalue weighted by Gasteiger charge is -2.16. The van der Waals surface area contributed by atoms with Gasteiger partial charge in [-0.3, -0.25) is 9.36 Å². The van der Waals surface area contributed by atoms with Crippen LogP contribution in [0.2, 0.25) is 0 Å². The van der Waals surface area contributed by atoms with Crippen molar-refractivity contribution in [1.82, 2.24) is 9.55 Å². The summed E-state index contributed by atoms with van der Waals surface area (Å²) in [6.45, 7) is 0.554. The third-order valence-corrected chi connectivity index (χ3v) is 2.06. The van der Waals surface area contributed by atoms with Crippen LogP contribution < -0.4 is 5.69 Å². The van der Waals surface area contributed by atoms with Gasteiger partial charge in [-0.25, -0.2) is 9.78 Å². The average Bonchev–Trinajstić information content (AvgIpc) is 2.17. The van der Waals surface area contributed by atoms with E-state index in [2.05, 4.69) is 4.98 Å². The van der Waals surface area contributed by atoms with Crippen LogP contribution in [0.25, 0.3) is 0 Å². The average molecular weight is 250 g/mol. The van der Waals surface area contributed by atoms with Crippen molar-refractivity contribution >= 4 is 5.97 Å². The summed E-state index contributed by atoms with van der Waals surface area (Å²) in [6.07, 6.45) is -2.58. The van der Waals surface area contributed by atoms with Crippen molar-refractivity contribution in [3.63, 3.8) is 0 Å². The number of carboxylic acid groups (broad SMARTS) is 1. The van der Waals surface area contributed by atoms with Crippen molar-refractivity contribution in [1.29, 1.82) is 0 Å². The van der Waals surface area contributed by atoms with Crippen LogP contribution in [0.15, 0.2) is 17.2 Å². The van der Waals surface area contributed by atoms with E-state index in [1.165, 1.54) is 13.1 Å². The van der Waals surface area contributed by atoms with Gasteiger partial charge >= 0.3 is 17.8 Å². The molecule has 0 aliphatic heterocycles.